The smallest absolute Gasteiger partial charge is 0.317 e. The van der Waals surface area contributed by atoms with E-state index in [-0.39, 0.29) is 6.03 Å². The van der Waals surface area contributed by atoms with E-state index in [4.69, 9.17) is 0 Å². The van der Waals surface area contributed by atoms with Crippen molar-refractivity contribution in [2.75, 3.05) is 37.6 Å². The van der Waals surface area contributed by atoms with Gasteiger partial charge in [0.15, 0.2) is 0 Å². The molecular formula is C19H22N6O. The van der Waals surface area contributed by atoms with Crippen LogP contribution in [0.3, 0.4) is 0 Å². The number of hydrogen-bond acceptors (Lipinski definition) is 5. The first-order valence-corrected chi connectivity index (χ1v) is 8.79. The van der Waals surface area contributed by atoms with E-state index in [2.05, 4.69) is 26.3 Å². The predicted molar refractivity (Wildman–Crippen MR) is 98.7 cm³/mol. The first-order valence-electron chi connectivity index (χ1n) is 8.79. The maximum Gasteiger partial charge on any atom is 0.317 e. The Hall–Kier alpha value is -3.14. The maximum absolute atomic E-state index is 12.4. The molecule has 1 N–H and O–H groups in total. The van der Waals surface area contributed by atoms with E-state index in [0.29, 0.717) is 37.6 Å². The molecule has 0 aromatic carbocycles. The lowest BCUT2D eigenvalue weighted by atomic mass is 10.2. The minimum Gasteiger partial charge on any atom is -0.354 e. The van der Waals surface area contributed by atoms with E-state index in [1.807, 2.05) is 23.2 Å². The Morgan fingerprint density at radius 1 is 1.19 bits per heavy atom. The zero-order valence-electron chi connectivity index (χ0n) is 14.6. The van der Waals surface area contributed by atoms with E-state index in [1.54, 1.807) is 24.5 Å². The Morgan fingerprint density at radius 2 is 2.08 bits per heavy atom. The zero-order chi connectivity index (χ0) is 18.2. The van der Waals surface area contributed by atoms with Crippen LogP contribution in [-0.4, -0.2) is 53.6 Å². The summed E-state index contributed by atoms with van der Waals surface area (Å²) < 4.78 is 0. The van der Waals surface area contributed by atoms with Crippen molar-refractivity contribution in [3.05, 3.63) is 54.0 Å². The summed E-state index contributed by atoms with van der Waals surface area (Å²) in [6.45, 7) is 3.35. The highest BCUT2D eigenvalue weighted by Gasteiger charge is 2.21. The van der Waals surface area contributed by atoms with Crippen molar-refractivity contribution in [3.8, 4) is 6.07 Å². The normalized spacial score (nSPS) is 14.4. The summed E-state index contributed by atoms with van der Waals surface area (Å²) in [7, 11) is 0. The molecule has 0 bridgehead atoms. The number of carbonyl (C=O) groups excluding carboxylic acids is 1. The second kappa shape index (κ2) is 8.81. The summed E-state index contributed by atoms with van der Waals surface area (Å²) >= 11 is 0. The van der Waals surface area contributed by atoms with Crippen LogP contribution >= 0.6 is 0 Å². The van der Waals surface area contributed by atoms with E-state index in [9.17, 15) is 10.1 Å². The molecule has 1 saturated heterocycles. The molecule has 1 fully saturated rings. The lowest BCUT2D eigenvalue weighted by Gasteiger charge is -2.23. The summed E-state index contributed by atoms with van der Waals surface area (Å²) in [5.74, 6) is 0.703. The number of nitriles is 1. The van der Waals surface area contributed by atoms with E-state index < -0.39 is 0 Å². The summed E-state index contributed by atoms with van der Waals surface area (Å²) in [4.78, 5) is 24.8. The molecule has 3 heterocycles. The number of anilines is 1. The van der Waals surface area contributed by atoms with Gasteiger partial charge < -0.3 is 15.1 Å². The minimum absolute atomic E-state index is 0.0442. The molecule has 1 aliphatic heterocycles. The second-order valence-corrected chi connectivity index (χ2v) is 6.16. The molecule has 2 aromatic rings. The quantitative estimate of drug-likeness (QED) is 0.909. The Labute approximate surface area is 153 Å². The van der Waals surface area contributed by atoms with E-state index in [0.717, 1.165) is 24.9 Å². The molecule has 2 aromatic heterocycles. The third-order valence-corrected chi connectivity index (χ3v) is 4.40. The van der Waals surface area contributed by atoms with Gasteiger partial charge in [-0.2, -0.15) is 5.26 Å². The lowest BCUT2D eigenvalue weighted by molar-refractivity contribution is 0.201. The molecule has 0 saturated carbocycles. The van der Waals surface area contributed by atoms with Crippen molar-refractivity contribution in [3.63, 3.8) is 0 Å². The highest BCUT2D eigenvalue weighted by molar-refractivity contribution is 5.74. The number of rotatable bonds is 4. The SMILES string of the molecule is N#Cc1cccnc1N1CCCN(C(=O)NCCc2cccnc2)CC1. The van der Waals surface area contributed by atoms with Gasteiger partial charge in [-0.1, -0.05) is 6.07 Å². The topological polar surface area (TPSA) is 85.2 Å². The standard InChI is InChI=1S/C19H22N6O/c20-14-17-5-2-8-22-18(17)24-10-3-11-25(13-12-24)19(26)23-9-6-16-4-1-7-21-15-16/h1-2,4-5,7-8,15H,3,6,9-13H2,(H,23,26). The van der Waals surface area contributed by atoms with Gasteiger partial charge in [-0.15, -0.1) is 0 Å². The molecule has 0 unspecified atom stereocenters. The average molecular weight is 350 g/mol. The van der Waals surface area contributed by atoms with Crippen LogP contribution in [-0.2, 0) is 6.42 Å². The molecule has 7 nitrogen and oxygen atoms in total. The largest absolute Gasteiger partial charge is 0.354 e. The fourth-order valence-electron chi connectivity index (χ4n) is 3.04. The van der Waals surface area contributed by atoms with Gasteiger partial charge in [0.05, 0.1) is 5.56 Å². The molecule has 0 spiro atoms. The molecule has 2 amide bonds. The maximum atomic E-state index is 12.4. The van der Waals surface area contributed by atoms with Gasteiger partial charge in [0, 0.05) is 51.3 Å². The molecule has 7 heteroatoms. The monoisotopic (exact) mass is 350 g/mol. The zero-order valence-corrected chi connectivity index (χ0v) is 14.6. The van der Waals surface area contributed by atoms with E-state index >= 15 is 0 Å². The van der Waals surface area contributed by atoms with E-state index in [1.165, 1.54) is 0 Å². The first kappa shape index (κ1) is 17.7. The summed E-state index contributed by atoms with van der Waals surface area (Å²) in [6.07, 6.45) is 6.86. The molecule has 0 atom stereocenters. The number of nitrogens with one attached hydrogen (secondary N) is 1. The van der Waals surface area contributed by atoms with Gasteiger partial charge in [0.2, 0.25) is 0 Å². The Balaban J connectivity index is 1.51. The molecule has 26 heavy (non-hydrogen) atoms. The second-order valence-electron chi connectivity index (χ2n) is 6.16. The Kier molecular flexibility index (Phi) is 5.99. The van der Waals surface area contributed by atoms with Crippen molar-refractivity contribution in [1.82, 2.24) is 20.2 Å². The number of hydrogen-bond donors (Lipinski definition) is 1. The third-order valence-electron chi connectivity index (χ3n) is 4.40. The molecule has 1 aliphatic rings. The summed E-state index contributed by atoms with van der Waals surface area (Å²) in [5, 5.41) is 12.2. The fraction of sp³-hybridized carbons (Fsp3) is 0.368. The Morgan fingerprint density at radius 3 is 2.88 bits per heavy atom. The molecule has 0 radical (unpaired) electrons. The third kappa shape index (κ3) is 4.48. The van der Waals surface area contributed by atoms with Gasteiger partial charge in [-0.3, -0.25) is 4.98 Å². The molecule has 3 rings (SSSR count). The highest BCUT2D eigenvalue weighted by atomic mass is 16.2. The number of pyridine rings is 2. The van der Waals surface area contributed by atoms with Crippen molar-refractivity contribution >= 4 is 11.8 Å². The average Bonchev–Trinajstić information content (AvgIpc) is 2.95. The first-order chi connectivity index (χ1) is 12.8. The van der Waals surface area contributed by atoms with Crippen molar-refractivity contribution in [1.29, 1.82) is 5.26 Å². The van der Waals surface area contributed by atoms with Crippen LogP contribution in [0, 0.1) is 11.3 Å². The number of nitrogens with zero attached hydrogens (tertiary/aromatic N) is 5. The molecular weight excluding hydrogens is 328 g/mol. The van der Waals surface area contributed by atoms with Crippen LogP contribution in [0.15, 0.2) is 42.9 Å². The number of aromatic nitrogens is 2. The molecule has 0 aliphatic carbocycles. The van der Waals surface area contributed by atoms with Crippen molar-refractivity contribution in [2.24, 2.45) is 0 Å². The van der Waals surface area contributed by atoms with Crippen LogP contribution in [0.2, 0.25) is 0 Å². The van der Waals surface area contributed by atoms with Crippen LogP contribution in [0.4, 0.5) is 10.6 Å². The fourth-order valence-corrected chi connectivity index (χ4v) is 3.04. The van der Waals surface area contributed by atoms with Crippen LogP contribution in [0.25, 0.3) is 0 Å². The lowest BCUT2D eigenvalue weighted by Crippen LogP contribution is -2.42. The summed E-state index contributed by atoms with van der Waals surface area (Å²) in [6, 6.07) is 9.58. The summed E-state index contributed by atoms with van der Waals surface area (Å²) in [5.41, 5.74) is 1.68. The van der Waals surface area contributed by atoms with Gasteiger partial charge in [0.1, 0.15) is 11.9 Å². The Bertz CT molecular complexity index is 773. The highest BCUT2D eigenvalue weighted by Crippen LogP contribution is 2.18. The van der Waals surface area contributed by atoms with Crippen molar-refractivity contribution < 1.29 is 4.79 Å². The number of urea groups is 1. The van der Waals surface area contributed by atoms with Gasteiger partial charge in [-0.25, -0.2) is 9.78 Å². The van der Waals surface area contributed by atoms with Crippen LogP contribution in [0.5, 0.6) is 0 Å². The molecule has 134 valence electrons. The van der Waals surface area contributed by atoms with Crippen LogP contribution < -0.4 is 10.2 Å². The van der Waals surface area contributed by atoms with Gasteiger partial charge in [-0.05, 0) is 36.6 Å². The predicted octanol–water partition coefficient (Wildman–Crippen LogP) is 1.81. The minimum atomic E-state index is -0.0442. The number of amides is 2. The van der Waals surface area contributed by atoms with Gasteiger partial charge in [0.25, 0.3) is 0 Å². The van der Waals surface area contributed by atoms with Crippen molar-refractivity contribution in [2.45, 2.75) is 12.8 Å². The number of carbonyl (C=O) groups is 1. The van der Waals surface area contributed by atoms with Crippen LogP contribution in [0.1, 0.15) is 17.5 Å². The van der Waals surface area contributed by atoms with Gasteiger partial charge >= 0.3 is 6.03 Å².